The summed E-state index contributed by atoms with van der Waals surface area (Å²) >= 11 is 0. The number of benzene rings is 1. The minimum atomic E-state index is -0.385. The average Bonchev–Trinajstić information content (AvgIpc) is 2.47. The number of ether oxygens (including phenoxy) is 1. The number of nitrogens with zero attached hydrogens (tertiary/aromatic N) is 1. The normalized spacial score (nSPS) is 12.0. The highest BCUT2D eigenvalue weighted by Crippen LogP contribution is 2.25. The summed E-state index contributed by atoms with van der Waals surface area (Å²) in [5, 5.41) is 0. The van der Waals surface area contributed by atoms with Crippen LogP contribution in [0.15, 0.2) is 18.2 Å². The van der Waals surface area contributed by atoms with Crippen molar-refractivity contribution in [2.24, 2.45) is 0 Å². The molecule has 4 heteroatoms. The van der Waals surface area contributed by atoms with Gasteiger partial charge in [-0.1, -0.05) is 20.3 Å². The van der Waals surface area contributed by atoms with Gasteiger partial charge in [0.2, 0.25) is 0 Å². The van der Waals surface area contributed by atoms with E-state index in [1.54, 1.807) is 6.07 Å². The van der Waals surface area contributed by atoms with E-state index in [9.17, 15) is 4.79 Å². The first kappa shape index (κ1) is 16.3. The summed E-state index contributed by atoms with van der Waals surface area (Å²) in [5.74, 6) is -0.385. The molecule has 0 aromatic heterocycles. The summed E-state index contributed by atoms with van der Waals surface area (Å²) in [5.41, 5.74) is 7.78. The Hall–Kier alpha value is -1.71. The Morgan fingerprint density at radius 3 is 2.65 bits per heavy atom. The largest absolute Gasteiger partial charge is 0.465 e. The van der Waals surface area contributed by atoms with Crippen LogP contribution in [0.25, 0.3) is 0 Å². The van der Waals surface area contributed by atoms with Gasteiger partial charge in [0.1, 0.15) is 0 Å². The monoisotopic (exact) mass is 278 g/mol. The number of carbonyl (C=O) groups excluding carboxylic acids is 1. The molecule has 4 nitrogen and oxygen atoms in total. The molecule has 1 aromatic rings. The maximum atomic E-state index is 11.7. The Morgan fingerprint density at radius 2 is 2.10 bits per heavy atom. The number of nitrogens with two attached hydrogens (primary N) is 1. The van der Waals surface area contributed by atoms with Crippen molar-refractivity contribution in [3.8, 4) is 0 Å². The summed E-state index contributed by atoms with van der Waals surface area (Å²) in [7, 11) is 1.37. The Bertz CT molecular complexity index is 446. The van der Waals surface area contributed by atoms with Crippen molar-refractivity contribution in [1.29, 1.82) is 0 Å². The fourth-order valence-corrected chi connectivity index (χ4v) is 2.16. The third-order valence-electron chi connectivity index (χ3n) is 3.65. The molecule has 0 aliphatic rings. The number of anilines is 2. The van der Waals surface area contributed by atoms with E-state index in [-0.39, 0.29) is 5.97 Å². The van der Waals surface area contributed by atoms with Crippen LogP contribution in [-0.4, -0.2) is 25.7 Å². The lowest BCUT2D eigenvalue weighted by molar-refractivity contribution is 0.0602. The summed E-state index contributed by atoms with van der Waals surface area (Å²) in [4.78, 5) is 14.1. The quantitative estimate of drug-likeness (QED) is 0.613. The summed E-state index contributed by atoms with van der Waals surface area (Å²) < 4.78 is 4.78. The molecule has 0 heterocycles. The number of rotatable bonds is 7. The van der Waals surface area contributed by atoms with Gasteiger partial charge in [0.15, 0.2) is 0 Å². The molecule has 1 unspecified atom stereocenters. The number of nitrogen functional groups attached to an aromatic ring is 1. The van der Waals surface area contributed by atoms with Crippen molar-refractivity contribution in [3.05, 3.63) is 23.8 Å². The Morgan fingerprint density at radius 1 is 1.40 bits per heavy atom. The molecule has 1 aromatic carbocycles. The first-order chi connectivity index (χ1) is 9.54. The van der Waals surface area contributed by atoms with Gasteiger partial charge in [0.05, 0.1) is 12.7 Å². The van der Waals surface area contributed by atoms with E-state index in [2.05, 4.69) is 25.7 Å². The highest BCUT2D eigenvalue weighted by Gasteiger charge is 2.16. The molecule has 20 heavy (non-hydrogen) atoms. The van der Waals surface area contributed by atoms with Gasteiger partial charge in [-0.15, -0.1) is 0 Å². The second kappa shape index (κ2) is 7.78. The minimum Gasteiger partial charge on any atom is -0.465 e. The number of methoxy groups -OCH3 is 1. The van der Waals surface area contributed by atoms with Crippen molar-refractivity contribution < 1.29 is 9.53 Å². The number of hydrogen-bond acceptors (Lipinski definition) is 4. The van der Waals surface area contributed by atoms with Crippen molar-refractivity contribution in [1.82, 2.24) is 0 Å². The summed E-state index contributed by atoms with van der Waals surface area (Å²) in [6.07, 6.45) is 3.33. The van der Waals surface area contributed by atoms with Crippen LogP contribution in [0.4, 0.5) is 11.4 Å². The van der Waals surface area contributed by atoms with Crippen LogP contribution >= 0.6 is 0 Å². The van der Waals surface area contributed by atoms with E-state index in [4.69, 9.17) is 10.5 Å². The maximum absolute atomic E-state index is 11.7. The van der Waals surface area contributed by atoms with E-state index in [1.807, 2.05) is 12.1 Å². The van der Waals surface area contributed by atoms with E-state index in [1.165, 1.54) is 7.11 Å². The molecule has 0 saturated carbocycles. The van der Waals surface area contributed by atoms with Crippen LogP contribution in [0, 0.1) is 0 Å². The average molecular weight is 278 g/mol. The molecule has 0 radical (unpaired) electrons. The van der Waals surface area contributed by atoms with E-state index in [0.717, 1.165) is 31.5 Å². The molecule has 0 saturated heterocycles. The second-order valence-corrected chi connectivity index (χ2v) is 5.07. The summed E-state index contributed by atoms with van der Waals surface area (Å²) in [6, 6.07) is 6.02. The molecule has 1 rings (SSSR count). The third-order valence-corrected chi connectivity index (χ3v) is 3.65. The predicted octanol–water partition coefficient (Wildman–Crippen LogP) is 3.46. The second-order valence-electron chi connectivity index (χ2n) is 5.07. The zero-order valence-corrected chi connectivity index (χ0v) is 13.0. The van der Waals surface area contributed by atoms with Gasteiger partial charge in [-0.05, 0) is 38.0 Å². The zero-order chi connectivity index (χ0) is 15.1. The van der Waals surface area contributed by atoms with Gasteiger partial charge in [-0.3, -0.25) is 0 Å². The van der Waals surface area contributed by atoms with Gasteiger partial charge >= 0.3 is 5.97 Å². The molecular formula is C16H26N2O2. The number of hydrogen-bond donors (Lipinski definition) is 1. The number of carbonyl (C=O) groups is 1. The molecular weight excluding hydrogens is 252 g/mol. The van der Waals surface area contributed by atoms with Crippen LogP contribution in [-0.2, 0) is 4.74 Å². The number of esters is 1. The van der Waals surface area contributed by atoms with Crippen molar-refractivity contribution >= 4 is 17.3 Å². The van der Waals surface area contributed by atoms with Crippen LogP contribution < -0.4 is 10.6 Å². The van der Waals surface area contributed by atoms with Crippen LogP contribution in [0.5, 0.6) is 0 Å². The zero-order valence-electron chi connectivity index (χ0n) is 13.0. The maximum Gasteiger partial charge on any atom is 0.340 e. The summed E-state index contributed by atoms with van der Waals surface area (Å²) in [6.45, 7) is 7.53. The van der Waals surface area contributed by atoms with E-state index < -0.39 is 0 Å². The van der Waals surface area contributed by atoms with Gasteiger partial charge in [0, 0.05) is 24.0 Å². The van der Waals surface area contributed by atoms with Gasteiger partial charge in [0.25, 0.3) is 0 Å². The molecule has 0 amide bonds. The third kappa shape index (κ3) is 3.89. The topological polar surface area (TPSA) is 55.6 Å². The lowest BCUT2D eigenvalue weighted by atomic mass is 10.1. The SMILES string of the molecule is CCCCN(c1ccc(N)c(C(=O)OC)c1)C(C)CC. The molecule has 0 aliphatic heterocycles. The van der Waals surface area contributed by atoms with Gasteiger partial charge in [-0.25, -0.2) is 4.79 Å². The van der Waals surface area contributed by atoms with Crippen molar-refractivity contribution in [3.63, 3.8) is 0 Å². The molecule has 0 fully saturated rings. The van der Waals surface area contributed by atoms with E-state index in [0.29, 0.717) is 17.3 Å². The van der Waals surface area contributed by atoms with Gasteiger partial charge in [-0.2, -0.15) is 0 Å². The molecule has 1 atom stereocenters. The smallest absolute Gasteiger partial charge is 0.340 e. The molecule has 0 aliphatic carbocycles. The fraction of sp³-hybridized carbons (Fsp3) is 0.562. The predicted molar refractivity (Wildman–Crippen MR) is 84.2 cm³/mol. The molecule has 0 bridgehead atoms. The molecule has 112 valence electrons. The first-order valence-corrected chi connectivity index (χ1v) is 7.29. The molecule has 2 N–H and O–H groups in total. The standard InChI is InChI=1S/C16H26N2O2/c1-5-7-10-18(12(3)6-2)13-8-9-15(17)14(11-13)16(19)20-4/h8-9,11-12H,5-7,10,17H2,1-4H3. The van der Waals surface area contributed by atoms with Crippen LogP contribution in [0.3, 0.4) is 0 Å². The Labute approximate surface area is 121 Å². The Kier molecular flexibility index (Phi) is 6.36. The van der Waals surface area contributed by atoms with Crippen molar-refractivity contribution in [2.45, 2.75) is 46.1 Å². The van der Waals surface area contributed by atoms with Crippen LogP contribution in [0.2, 0.25) is 0 Å². The number of unbranched alkanes of at least 4 members (excludes halogenated alkanes) is 1. The Balaban J connectivity index is 3.10. The lowest BCUT2D eigenvalue weighted by Crippen LogP contribution is -2.33. The van der Waals surface area contributed by atoms with Gasteiger partial charge < -0.3 is 15.4 Å². The highest BCUT2D eigenvalue weighted by atomic mass is 16.5. The molecule has 0 spiro atoms. The first-order valence-electron chi connectivity index (χ1n) is 7.29. The van der Waals surface area contributed by atoms with Crippen molar-refractivity contribution in [2.75, 3.05) is 24.3 Å². The van der Waals surface area contributed by atoms with Crippen LogP contribution in [0.1, 0.15) is 50.4 Å². The van der Waals surface area contributed by atoms with E-state index >= 15 is 0 Å². The lowest BCUT2D eigenvalue weighted by Gasteiger charge is -2.31. The minimum absolute atomic E-state index is 0.385. The highest BCUT2D eigenvalue weighted by molar-refractivity contribution is 5.96. The fourth-order valence-electron chi connectivity index (χ4n) is 2.16.